The lowest BCUT2D eigenvalue weighted by molar-refractivity contribution is 0.0954. The van der Waals surface area contributed by atoms with E-state index in [2.05, 4.69) is 31.9 Å². The number of sulfone groups is 3. The Balaban J connectivity index is 0.000000180. The van der Waals surface area contributed by atoms with Crippen molar-refractivity contribution in [1.29, 1.82) is 0 Å². The van der Waals surface area contributed by atoms with Gasteiger partial charge in [-0.25, -0.2) is 25.3 Å². The quantitative estimate of drug-likeness (QED) is 0.0527. The van der Waals surface area contributed by atoms with E-state index in [1.54, 1.807) is 159 Å². The number of hydrogen-bond acceptors (Lipinski definition) is 12. The average molecular weight is 1300 g/mol. The molecule has 0 aliphatic heterocycles. The standard InChI is InChI=1S/C28H24N2O4S.2C22H20N2O4S/c1-19-3-15-25(16-4-19)35(33,34)26-17-13-24(14-18-26)30-28(32)23-11-7-21(8-12-23)20-5-9-22(10-6-20)27(31)29-2;1-15-3-11-19(12-4-15)29(27,28)20-13-9-18(10-14-20)24-22(26)17-7-5-16(6-8-17)21(25)23-2;1-15-6-10-19(11-7-15)29(27,28)20-12-8-18(9-13-20)24-22(26)17-5-3-4-16(14-17)21(25)23-2/h3-18H,1-2H3,(H,29,31)(H,30,32);2*3-14H,1-2H3,(H,23,25)(H,24,26). The van der Waals surface area contributed by atoms with Crippen LogP contribution in [0.15, 0.2) is 272 Å². The molecule has 0 heterocycles. The van der Waals surface area contributed by atoms with Crippen molar-refractivity contribution in [3.05, 3.63) is 293 Å². The second-order valence-electron chi connectivity index (χ2n) is 20.9. The molecule has 0 aliphatic carbocycles. The number of benzene rings is 10. The molecule has 10 aromatic carbocycles. The average Bonchev–Trinajstić information content (AvgIpc) is 1.05. The molecule has 0 radical (unpaired) electrons. The van der Waals surface area contributed by atoms with Crippen molar-refractivity contribution >= 4 is 82.0 Å². The van der Waals surface area contributed by atoms with Gasteiger partial charge in [0.25, 0.3) is 35.4 Å². The second-order valence-corrected chi connectivity index (χ2v) is 26.8. The van der Waals surface area contributed by atoms with Gasteiger partial charge in [0.1, 0.15) is 0 Å². The van der Waals surface area contributed by atoms with Crippen LogP contribution in [-0.4, -0.2) is 81.8 Å². The highest BCUT2D eigenvalue weighted by molar-refractivity contribution is 7.92. The zero-order chi connectivity index (χ0) is 67.0. The second kappa shape index (κ2) is 30.1. The van der Waals surface area contributed by atoms with Gasteiger partial charge in [-0.15, -0.1) is 0 Å². The zero-order valence-corrected chi connectivity index (χ0v) is 53.7. The normalized spacial score (nSPS) is 11.0. The summed E-state index contributed by atoms with van der Waals surface area (Å²) in [5.74, 6) is -1.73. The number of hydrogen-bond donors (Lipinski definition) is 6. The highest BCUT2D eigenvalue weighted by Gasteiger charge is 2.21. The number of carbonyl (C=O) groups is 6. The molecule has 10 rings (SSSR count). The van der Waals surface area contributed by atoms with Crippen LogP contribution in [0, 0.1) is 20.8 Å². The van der Waals surface area contributed by atoms with Crippen LogP contribution in [0.1, 0.15) is 78.8 Å². The predicted octanol–water partition coefficient (Wildman–Crippen LogP) is 12.0. The Kier molecular flexibility index (Phi) is 22.0. The van der Waals surface area contributed by atoms with E-state index in [1.807, 2.05) is 45.0 Å². The third kappa shape index (κ3) is 17.2. The molecule has 0 unspecified atom stereocenters. The van der Waals surface area contributed by atoms with Gasteiger partial charge in [-0.05, 0) is 208 Å². The lowest BCUT2D eigenvalue weighted by Crippen LogP contribution is -2.19. The Morgan fingerprint density at radius 2 is 0.452 bits per heavy atom. The number of anilines is 3. The number of amides is 6. The first kappa shape index (κ1) is 67.8. The predicted molar refractivity (Wildman–Crippen MR) is 358 cm³/mol. The van der Waals surface area contributed by atoms with Crippen LogP contribution in [0.4, 0.5) is 17.1 Å². The number of aryl methyl sites for hydroxylation is 3. The molecule has 0 fully saturated rings. The SMILES string of the molecule is CNC(=O)c1ccc(-c2ccc(C(=O)Nc3ccc(S(=O)(=O)c4ccc(C)cc4)cc3)cc2)cc1.CNC(=O)c1ccc(C(=O)Nc2ccc(S(=O)(=O)c3ccc(C)cc3)cc2)cc1.CNC(=O)c1cccc(C(=O)Nc2ccc(S(=O)(=O)c3ccc(C)cc3)cc2)c1. The summed E-state index contributed by atoms with van der Waals surface area (Å²) in [5, 5.41) is 15.8. The lowest BCUT2D eigenvalue weighted by atomic mass is 10.0. The van der Waals surface area contributed by atoms with Gasteiger partial charge in [-0.3, -0.25) is 28.8 Å². The smallest absolute Gasteiger partial charge is 0.255 e. The molecule has 0 saturated carbocycles. The van der Waals surface area contributed by atoms with E-state index in [0.29, 0.717) is 50.4 Å². The Hall–Kier alpha value is -11.1. The molecule has 21 heteroatoms. The van der Waals surface area contributed by atoms with Crippen LogP contribution < -0.4 is 31.9 Å². The van der Waals surface area contributed by atoms with Crippen molar-refractivity contribution < 1.29 is 54.0 Å². The largest absolute Gasteiger partial charge is 0.355 e. The van der Waals surface area contributed by atoms with Crippen molar-refractivity contribution in [3.63, 3.8) is 0 Å². The minimum Gasteiger partial charge on any atom is -0.355 e. The summed E-state index contributed by atoms with van der Waals surface area (Å²) in [7, 11) is -6.24. The van der Waals surface area contributed by atoms with Crippen molar-refractivity contribution in [1.82, 2.24) is 16.0 Å². The highest BCUT2D eigenvalue weighted by atomic mass is 32.2. The van der Waals surface area contributed by atoms with E-state index < -0.39 is 35.4 Å². The number of nitrogens with one attached hydrogen (secondary N) is 6. The summed E-state index contributed by atoms with van der Waals surface area (Å²) < 4.78 is 76.4. The monoisotopic (exact) mass is 1300 g/mol. The zero-order valence-electron chi connectivity index (χ0n) is 51.2. The van der Waals surface area contributed by atoms with E-state index in [0.717, 1.165) is 27.8 Å². The summed E-state index contributed by atoms with van der Waals surface area (Å²) in [6, 6.07) is 64.9. The van der Waals surface area contributed by atoms with Crippen LogP contribution in [0.3, 0.4) is 0 Å². The fraction of sp³-hybridized carbons (Fsp3) is 0.0833. The first-order chi connectivity index (χ1) is 44.4. The van der Waals surface area contributed by atoms with Crippen LogP contribution >= 0.6 is 0 Å². The van der Waals surface area contributed by atoms with Crippen molar-refractivity contribution in [2.24, 2.45) is 0 Å². The minimum absolute atomic E-state index is 0.140. The molecule has 0 saturated heterocycles. The van der Waals surface area contributed by atoms with Crippen molar-refractivity contribution in [2.45, 2.75) is 50.1 Å². The van der Waals surface area contributed by atoms with Gasteiger partial charge in [0.15, 0.2) is 0 Å². The Morgan fingerprint density at radius 1 is 0.247 bits per heavy atom. The fourth-order valence-corrected chi connectivity index (χ4v) is 12.7. The molecular formula is C72H64N6O12S3. The van der Waals surface area contributed by atoms with Crippen molar-refractivity contribution in [3.8, 4) is 11.1 Å². The van der Waals surface area contributed by atoms with Gasteiger partial charge >= 0.3 is 0 Å². The van der Waals surface area contributed by atoms with Crippen molar-refractivity contribution in [2.75, 3.05) is 37.1 Å². The Morgan fingerprint density at radius 3 is 0.710 bits per heavy atom. The summed E-state index contributed by atoms with van der Waals surface area (Å²) in [4.78, 5) is 73.6. The molecule has 6 amide bonds. The highest BCUT2D eigenvalue weighted by Crippen LogP contribution is 2.28. The van der Waals surface area contributed by atoms with Gasteiger partial charge in [0, 0.05) is 71.6 Å². The van der Waals surface area contributed by atoms with Gasteiger partial charge < -0.3 is 31.9 Å². The van der Waals surface area contributed by atoms with Gasteiger partial charge in [0.05, 0.1) is 29.4 Å². The third-order valence-electron chi connectivity index (χ3n) is 14.4. The maximum Gasteiger partial charge on any atom is 0.255 e. The van der Waals surface area contributed by atoms with Gasteiger partial charge in [-0.1, -0.05) is 83.4 Å². The van der Waals surface area contributed by atoms with Crippen LogP contribution in [0.25, 0.3) is 11.1 Å². The Labute approximate surface area is 539 Å². The maximum absolute atomic E-state index is 12.8. The van der Waals surface area contributed by atoms with E-state index in [-0.39, 0.29) is 58.9 Å². The first-order valence-corrected chi connectivity index (χ1v) is 33.1. The molecule has 0 spiro atoms. The fourth-order valence-electron chi connectivity index (χ4n) is 8.96. The van der Waals surface area contributed by atoms with Gasteiger partial charge in [0.2, 0.25) is 29.5 Å². The molecule has 0 atom stereocenters. The number of rotatable bonds is 16. The van der Waals surface area contributed by atoms with E-state index in [9.17, 15) is 54.0 Å². The third-order valence-corrected chi connectivity index (χ3v) is 19.7. The molecule has 0 bridgehead atoms. The van der Waals surface area contributed by atoms with Crippen LogP contribution in [0.5, 0.6) is 0 Å². The van der Waals surface area contributed by atoms with E-state index >= 15 is 0 Å². The van der Waals surface area contributed by atoms with Crippen LogP contribution in [-0.2, 0) is 29.5 Å². The summed E-state index contributed by atoms with van der Waals surface area (Å²) in [6.45, 7) is 5.67. The molecule has 0 aliphatic rings. The maximum atomic E-state index is 12.8. The Bertz CT molecular complexity index is 4710. The molecular weight excluding hydrogens is 1240 g/mol. The molecule has 0 aromatic heterocycles. The minimum atomic E-state index is -3.63. The lowest BCUT2D eigenvalue weighted by Gasteiger charge is -2.09. The summed E-state index contributed by atoms with van der Waals surface area (Å²) in [6.07, 6.45) is 0. The number of carbonyl (C=O) groups excluding carboxylic acids is 6. The molecule has 472 valence electrons. The van der Waals surface area contributed by atoms with E-state index in [4.69, 9.17) is 0 Å². The molecule has 10 aromatic rings. The first-order valence-electron chi connectivity index (χ1n) is 28.7. The molecule has 93 heavy (non-hydrogen) atoms. The summed E-state index contributed by atoms with van der Waals surface area (Å²) in [5.41, 5.74) is 8.75. The molecule has 18 nitrogen and oxygen atoms in total. The van der Waals surface area contributed by atoms with Crippen LogP contribution in [0.2, 0.25) is 0 Å². The van der Waals surface area contributed by atoms with E-state index in [1.165, 1.54) is 80.8 Å². The summed E-state index contributed by atoms with van der Waals surface area (Å²) >= 11 is 0. The topological polar surface area (TPSA) is 277 Å². The van der Waals surface area contributed by atoms with Gasteiger partial charge in [-0.2, -0.15) is 0 Å². The molecule has 6 N–H and O–H groups in total.